The average Bonchev–Trinajstić information content (AvgIpc) is 2.24. The number of amides is 1. The minimum atomic E-state index is -1.19. The van der Waals surface area contributed by atoms with Crippen molar-refractivity contribution in [2.45, 2.75) is 12.5 Å². The van der Waals surface area contributed by atoms with Crippen molar-refractivity contribution in [1.29, 1.82) is 0 Å². The molecule has 0 atom stereocenters. The molecule has 1 aromatic rings. The molecule has 0 radical (unpaired) electrons. The van der Waals surface area contributed by atoms with Crippen molar-refractivity contribution in [2.24, 2.45) is 0 Å². The van der Waals surface area contributed by atoms with Crippen LogP contribution in [0, 0.1) is 0 Å². The van der Waals surface area contributed by atoms with Crippen LogP contribution in [0.4, 0.5) is 0 Å². The minimum absolute atomic E-state index is 0.0875. The lowest BCUT2D eigenvalue weighted by atomic mass is 9.96. The predicted molar refractivity (Wildman–Crippen MR) is 57.7 cm³/mol. The van der Waals surface area contributed by atoms with Crippen molar-refractivity contribution in [3.05, 3.63) is 29.6 Å². The van der Waals surface area contributed by atoms with Crippen molar-refractivity contribution in [3.8, 4) is 0 Å². The summed E-state index contributed by atoms with van der Waals surface area (Å²) in [6.45, 7) is 2.01. The highest BCUT2D eigenvalue weighted by Gasteiger charge is 2.40. The molecule has 2 N–H and O–H groups in total. The monoisotopic (exact) mass is 236 g/mol. The van der Waals surface area contributed by atoms with Gasteiger partial charge in [0, 0.05) is 6.20 Å². The maximum absolute atomic E-state index is 11.9. The summed E-state index contributed by atoms with van der Waals surface area (Å²) >= 11 is 0. The molecule has 0 spiro atoms. The van der Waals surface area contributed by atoms with Gasteiger partial charge in [-0.2, -0.15) is 0 Å². The Hall–Kier alpha value is -1.95. The van der Waals surface area contributed by atoms with E-state index in [4.69, 9.17) is 5.11 Å². The van der Waals surface area contributed by atoms with E-state index in [1.165, 1.54) is 23.2 Å². The van der Waals surface area contributed by atoms with Crippen LogP contribution in [0.2, 0.25) is 0 Å². The van der Waals surface area contributed by atoms with E-state index in [9.17, 15) is 14.7 Å². The maximum Gasteiger partial charge on any atom is 0.338 e. The molecule has 1 saturated heterocycles. The fourth-order valence-corrected chi connectivity index (χ4v) is 1.82. The second-order valence-electron chi connectivity index (χ2n) is 4.36. The van der Waals surface area contributed by atoms with Gasteiger partial charge >= 0.3 is 5.97 Å². The first kappa shape index (κ1) is 11.5. The summed E-state index contributed by atoms with van der Waals surface area (Å²) in [5, 5.41) is 18.5. The zero-order valence-corrected chi connectivity index (χ0v) is 9.25. The average molecular weight is 236 g/mol. The summed E-state index contributed by atoms with van der Waals surface area (Å²) in [6.07, 6.45) is 1.37. The highest BCUT2D eigenvalue weighted by Crippen LogP contribution is 2.22. The molecule has 2 rings (SSSR count). The molecule has 1 aliphatic heterocycles. The third kappa shape index (κ3) is 2.12. The number of likely N-dealkylation sites (tertiary alicyclic amines) is 1. The first-order valence-electron chi connectivity index (χ1n) is 5.11. The van der Waals surface area contributed by atoms with E-state index in [1.807, 2.05) is 0 Å². The normalized spacial score (nSPS) is 17.4. The molecule has 1 aliphatic rings. The predicted octanol–water partition coefficient (Wildman–Crippen LogP) is -0.0134. The molecule has 0 bridgehead atoms. The van der Waals surface area contributed by atoms with Crippen LogP contribution in [-0.2, 0) is 0 Å². The highest BCUT2D eigenvalue weighted by molar-refractivity contribution is 6.03. The van der Waals surface area contributed by atoms with Gasteiger partial charge in [-0.15, -0.1) is 0 Å². The molecule has 0 aromatic carbocycles. The molecule has 1 fully saturated rings. The number of aromatic nitrogens is 1. The van der Waals surface area contributed by atoms with Crippen molar-refractivity contribution < 1.29 is 19.8 Å². The summed E-state index contributed by atoms with van der Waals surface area (Å²) in [7, 11) is 0. The van der Waals surface area contributed by atoms with Crippen LogP contribution in [0.5, 0.6) is 0 Å². The molecular weight excluding hydrogens is 224 g/mol. The van der Waals surface area contributed by atoms with Gasteiger partial charge in [-0.25, -0.2) is 4.79 Å². The molecule has 2 heterocycles. The second kappa shape index (κ2) is 3.81. The van der Waals surface area contributed by atoms with Gasteiger partial charge in [0.25, 0.3) is 5.91 Å². The number of pyridine rings is 1. The van der Waals surface area contributed by atoms with E-state index in [0.717, 1.165) is 0 Å². The van der Waals surface area contributed by atoms with Gasteiger partial charge < -0.3 is 15.1 Å². The molecular formula is C11H12N2O4. The molecule has 17 heavy (non-hydrogen) atoms. The van der Waals surface area contributed by atoms with Gasteiger partial charge in [0.15, 0.2) is 0 Å². The topological polar surface area (TPSA) is 90.7 Å². The number of aliphatic hydroxyl groups is 1. The molecule has 6 nitrogen and oxygen atoms in total. The van der Waals surface area contributed by atoms with Gasteiger partial charge in [0.2, 0.25) is 0 Å². The van der Waals surface area contributed by atoms with Crippen LogP contribution < -0.4 is 0 Å². The number of nitrogens with zero attached hydrogens (tertiary/aromatic N) is 2. The Morgan fingerprint density at radius 2 is 2.12 bits per heavy atom. The third-order valence-electron chi connectivity index (χ3n) is 2.59. The van der Waals surface area contributed by atoms with Gasteiger partial charge in [0.05, 0.1) is 24.3 Å². The number of hydrogen-bond acceptors (Lipinski definition) is 4. The van der Waals surface area contributed by atoms with E-state index in [2.05, 4.69) is 4.98 Å². The smallest absolute Gasteiger partial charge is 0.338 e. The van der Waals surface area contributed by atoms with Gasteiger partial charge in [-0.1, -0.05) is 0 Å². The van der Waals surface area contributed by atoms with Gasteiger partial charge in [-0.05, 0) is 19.1 Å². The number of carboxylic acids is 1. The standard InChI is InChI=1S/C11H12N2O4/c1-11(17)5-13(6-11)9(14)8-7(10(15)16)3-2-4-12-8/h2-4,17H,5-6H2,1H3,(H,15,16). The molecule has 0 aliphatic carbocycles. The molecule has 6 heteroatoms. The van der Waals surface area contributed by atoms with Crippen molar-refractivity contribution in [1.82, 2.24) is 9.88 Å². The maximum atomic E-state index is 11.9. The van der Waals surface area contributed by atoms with E-state index in [-0.39, 0.29) is 24.3 Å². The number of carbonyl (C=O) groups is 2. The van der Waals surface area contributed by atoms with Crippen LogP contribution in [0.3, 0.4) is 0 Å². The number of β-amino-alcohol motifs (C(OH)–C–C–N with tert-alkyl or cyclic N) is 1. The van der Waals surface area contributed by atoms with E-state index >= 15 is 0 Å². The molecule has 90 valence electrons. The Morgan fingerprint density at radius 1 is 1.47 bits per heavy atom. The fourth-order valence-electron chi connectivity index (χ4n) is 1.82. The first-order chi connectivity index (χ1) is 7.91. The number of hydrogen-bond donors (Lipinski definition) is 2. The van der Waals surface area contributed by atoms with Gasteiger partial charge in [-0.3, -0.25) is 9.78 Å². The number of carboxylic acid groups (broad SMARTS) is 1. The Kier molecular flexibility index (Phi) is 2.59. The third-order valence-corrected chi connectivity index (χ3v) is 2.59. The second-order valence-corrected chi connectivity index (χ2v) is 4.36. The Labute approximate surface area is 97.5 Å². The van der Waals surface area contributed by atoms with Crippen molar-refractivity contribution >= 4 is 11.9 Å². The highest BCUT2D eigenvalue weighted by atomic mass is 16.4. The molecule has 1 aromatic heterocycles. The Morgan fingerprint density at radius 3 is 2.65 bits per heavy atom. The lowest BCUT2D eigenvalue weighted by Gasteiger charge is -2.43. The summed E-state index contributed by atoms with van der Waals surface area (Å²) in [5.74, 6) is -1.65. The van der Waals surface area contributed by atoms with Crippen LogP contribution in [-0.4, -0.2) is 50.7 Å². The minimum Gasteiger partial charge on any atom is -0.478 e. The van der Waals surface area contributed by atoms with Crippen LogP contribution in [0.15, 0.2) is 18.3 Å². The van der Waals surface area contributed by atoms with Crippen LogP contribution >= 0.6 is 0 Å². The number of carbonyl (C=O) groups excluding carboxylic acids is 1. The van der Waals surface area contributed by atoms with Crippen LogP contribution in [0.25, 0.3) is 0 Å². The summed E-state index contributed by atoms with van der Waals surface area (Å²) < 4.78 is 0. The summed E-state index contributed by atoms with van der Waals surface area (Å²) in [5.41, 5.74) is -1.09. The lowest BCUT2D eigenvalue weighted by molar-refractivity contribution is -0.0671. The van der Waals surface area contributed by atoms with E-state index in [1.54, 1.807) is 6.92 Å². The number of rotatable bonds is 2. The zero-order valence-electron chi connectivity index (χ0n) is 9.25. The molecule has 0 saturated carbocycles. The SMILES string of the molecule is CC1(O)CN(C(=O)c2ncccc2C(=O)O)C1. The summed E-state index contributed by atoms with van der Waals surface area (Å²) in [6, 6.07) is 2.80. The van der Waals surface area contributed by atoms with E-state index < -0.39 is 17.5 Å². The summed E-state index contributed by atoms with van der Waals surface area (Å²) in [4.78, 5) is 28.0. The first-order valence-corrected chi connectivity index (χ1v) is 5.11. The lowest BCUT2D eigenvalue weighted by Crippen LogP contribution is -2.61. The van der Waals surface area contributed by atoms with Crippen LogP contribution in [0.1, 0.15) is 27.8 Å². The fraction of sp³-hybridized carbons (Fsp3) is 0.364. The van der Waals surface area contributed by atoms with Crippen molar-refractivity contribution in [3.63, 3.8) is 0 Å². The zero-order chi connectivity index (χ0) is 12.6. The number of aromatic carboxylic acids is 1. The molecule has 0 unspecified atom stereocenters. The largest absolute Gasteiger partial charge is 0.478 e. The Balaban J connectivity index is 2.24. The van der Waals surface area contributed by atoms with Gasteiger partial charge in [0.1, 0.15) is 5.69 Å². The quantitative estimate of drug-likeness (QED) is 0.753. The molecule has 1 amide bonds. The van der Waals surface area contributed by atoms with Crippen molar-refractivity contribution in [2.75, 3.05) is 13.1 Å². The van der Waals surface area contributed by atoms with E-state index in [0.29, 0.717) is 0 Å². The Bertz CT molecular complexity index is 476.